The molecule has 0 spiro atoms. The molecule has 4 rings (SSSR count). The van der Waals surface area contributed by atoms with Gasteiger partial charge >= 0.3 is 0 Å². The van der Waals surface area contributed by atoms with Crippen LogP contribution in [0.3, 0.4) is 0 Å². The van der Waals surface area contributed by atoms with Crippen molar-refractivity contribution in [3.05, 3.63) is 107 Å². The van der Waals surface area contributed by atoms with Gasteiger partial charge in [-0.1, -0.05) is 74.0 Å². The molecule has 0 N–H and O–H groups in total. The fourth-order valence-corrected chi connectivity index (χ4v) is 5.16. The molecule has 1 fully saturated rings. The van der Waals surface area contributed by atoms with Crippen molar-refractivity contribution in [2.45, 2.75) is 33.2 Å². The third-order valence-electron chi connectivity index (χ3n) is 6.65. The lowest BCUT2D eigenvalue weighted by molar-refractivity contribution is 0.0703. The molecule has 0 bridgehead atoms. The van der Waals surface area contributed by atoms with E-state index in [2.05, 4.69) is 49.9 Å². The van der Waals surface area contributed by atoms with Crippen LogP contribution in [0, 0.1) is 24.6 Å². The molecule has 0 aliphatic carbocycles. The van der Waals surface area contributed by atoms with Crippen molar-refractivity contribution in [1.29, 1.82) is 0 Å². The Labute approximate surface area is 203 Å². The van der Waals surface area contributed by atoms with E-state index in [0.717, 1.165) is 37.3 Å². The number of hydrogen-bond acceptors (Lipinski definition) is 2. The van der Waals surface area contributed by atoms with E-state index in [0.29, 0.717) is 12.5 Å². The lowest BCUT2D eigenvalue weighted by Crippen LogP contribution is -2.39. The Hall–Kier alpha value is -2.98. The largest absolute Gasteiger partial charge is 0.338 e. The number of aryl methyl sites for hydroxylation is 1. The van der Waals surface area contributed by atoms with Gasteiger partial charge in [0.1, 0.15) is 5.82 Å². The molecular formula is C30H35FN2O. The van der Waals surface area contributed by atoms with Crippen LogP contribution < -0.4 is 0 Å². The van der Waals surface area contributed by atoms with Crippen LogP contribution in [0.25, 0.3) is 0 Å². The Morgan fingerprint density at radius 3 is 2.41 bits per heavy atom. The number of carbonyl (C=O) groups excluding carboxylic acids is 1. The van der Waals surface area contributed by atoms with Crippen LogP contribution in [0.4, 0.5) is 4.39 Å². The van der Waals surface area contributed by atoms with Crippen LogP contribution in [-0.2, 0) is 6.54 Å². The monoisotopic (exact) mass is 458 g/mol. The number of benzene rings is 3. The van der Waals surface area contributed by atoms with E-state index in [1.54, 1.807) is 12.1 Å². The quantitative estimate of drug-likeness (QED) is 0.404. The van der Waals surface area contributed by atoms with E-state index in [1.807, 2.05) is 47.4 Å². The maximum absolute atomic E-state index is 13.7. The first kappa shape index (κ1) is 24.2. The third-order valence-corrected chi connectivity index (χ3v) is 6.65. The Morgan fingerprint density at radius 2 is 1.74 bits per heavy atom. The first-order chi connectivity index (χ1) is 16.4. The van der Waals surface area contributed by atoms with Crippen LogP contribution in [-0.4, -0.2) is 41.9 Å². The SMILES string of the molecule is Cc1cccc(CN2C[C@H](CN(CC(C)C)C(=O)c3ccccc3)[C@@H](c3ccc(F)cc3)C2)c1. The Bertz CT molecular complexity index is 1080. The fraction of sp³-hybridized carbons (Fsp3) is 0.367. The van der Waals surface area contributed by atoms with Gasteiger partial charge in [-0.3, -0.25) is 9.69 Å². The smallest absolute Gasteiger partial charge is 0.253 e. The minimum absolute atomic E-state index is 0.0873. The standard InChI is InChI=1S/C30H35FN2O/c1-22(2)17-33(30(34)26-10-5-4-6-11-26)20-27-19-32(18-24-9-7-8-23(3)16-24)21-29(27)25-12-14-28(31)15-13-25/h4-16,22,27,29H,17-21H2,1-3H3/t27-,29-/m1/s1. The van der Waals surface area contributed by atoms with E-state index in [9.17, 15) is 9.18 Å². The average molecular weight is 459 g/mol. The molecule has 3 aromatic carbocycles. The topological polar surface area (TPSA) is 23.6 Å². The maximum Gasteiger partial charge on any atom is 0.253 e. The van der Waals surface area contributed by atoms with Gasteiger partial charge in [-0.2, -0.15) is 0 Å². The zero-order valence-corrected chi connectivity index (χ0v) is 20.5. The molecular weight excluding hydrogens is 423 g/mol. The van der Waals surface area contributed by atoms with Gasteiger partial charge in [0, 0.05) is 44.2 Å². The van der Waals surface area contributed by atoms with Crippen molar-refractivity contribution < 1.29 is 9.18 Å². The summed E-state index contributed by atoms with van der Waals surface area (Å²) >= 11 is 0. The number of nitrogens with zero attached hydrogens (tertiary/aromatic N) is 2. The van der Waals surface area contributed by atoms with Crippen molar-refractivity contribution in [2.24, 2.45) is 11.8 Å². The zero-order chi connectivity index (χ0) is 24.1. The molecule has 0 radical (unpaired) electrons. The highest BCUT2D eigenvalue weighted by Gasteiger charge is 2.36. The van der Waals surface area contributed by atoms with E-state index in [-0.39, 0.29) is 23.6 Å². The van der Waals surface area contributed by atoms with Crippen LogP contribution >= 0.6 is 0 Å². The molecule has 3 aromatic rings. The molecule has 1 aliphatic rings. The highest BCUT2D eigenvalue weighted by atomic mass is 19.1. The second-order valence-electron chi connectivity index (χ2n) is 10.1. The highest BCUT2D eigenvalue weighted by Crippen LogP contribution is 2.35. The van der Waals surface area contributed by atoms with Crippen molar-refractivity contribution in [3.63, 3.8) is 0 Å². The van der Waals surface area contributed by atoms with Crippen molar-refractivity contribution >= 4 is 5.91 Å². The second-order valence-corrected chi connectivity index (χ2v) is 10.1. The third kappa shape index (κ3) is 6.12. The van der Waals surface area contributed by atoms with Gasteiger partial charge in [-0.15, -0.1) is 0 Å². The molecule has 34 heavy (non-hydrogen) atoms. The summed E-state index contributed by atoms with van der Waals surface area (Å²) < 4.78 is 13.7. The molecule has 178 valence electrons. The molecule has 4 heteroatoms. The van der Waals surface area contributed by atoms with Crippen molar-refractivity contribution in [1.82, 2.24) is 9.80 Å². The average Bonchev–Trinajstić information content (AvgIpc) is 3.21. The van der Waals surface area contributed by atoms with Gasteiger partial charge in [0.15, 0.2) is 0 Å². The van der Waals surface area contributed by atoms with E-state index in [1.165, 1.54) is 11.1 Å². The van der Waals surface area contributed by atoms with Crippen LogP contribution in [0.2, 0.25) is 0 Å². The second kappa shape index (κ2) is 11.0. The number of likely N-dealkylation sites (tertiary alicyclic amines) is 1. The van der Waals surface area contributed by atoms with Crippen molar-refractivity contribution in [2.75, 3.05) is 26.2 Å². The molecule has 0 aromatic heterocycles. The summed E-state index contributed by atoms with van der Waals surface area (Å²) in [4.78, 5) is 17.9. The van der Waals surface area contributed by atoms with E-state index in [4.69, 9.17) is 0 Å². The van der Waals surface area contributed by atoms with Crippen LogP contribution in [0.5, 0.6) is 0 Å². The van der Waals surface area contributed by atoms with Gasteiger partial charge in [-0.25, -0.2) is 4.39 Å². The lowest BCUT2D eigenvalue weighted by atomic mass is 9.88. The molecule has 1 aliphatic heterocycles. The molecule has 1 saturated heterocycles. The molecule has 0 unspecified atom stereocenters. The fourth-order valence-electron chi connectivity index (χ4n) is 5.16. The number of hydrogen-bond donors (Lipinski definition) is 0. The molecule has 1 amide bonds. The summed E-state index contributed by atoms with van der Waals surface area (Å²) in [5.74, 6) is 0.784. The molecule has 1 heterocycles. The van der Waals surface area contributed by atoms with E-state index >= 15 is 0 Å². The predicted molar refractivity (Wildman–Crippen MR) is 136 cm³/mol. The normalized spacial score (nSPS) is 18.4. The maximum atomic E-state index is 13.7. The Kier molecular flexibility index (Phi) is 7.79. The van der Waals surface area contributed by atoms with E-state index < -0.39 is 0 Å². The number of amides is 1. The van der Waals surface area contributed by atoms with Gasteiger partial charge in [-0.05, 0) is 54.2 Å². The minimum Gasteiger partial charge on any atom is -0.338 e. The minimum atomic E-state index is -0.212. The lowest BCUT2D eigenvalue weighted by Gasteiger charge is -2.30. The summed E-state index contributed by atoms with van der Waals surface area (Å²) in [6.07, 6.45) is 0. The number of rotatable bonds is 8. The van der Waals surface area contributed by atoms with Gasteiger partial charge in [0.2, 0.25) is 0 Å². The predicted octanol–water partition coefficient (Wildman–Crippen LogP) is 6.15. The van der Waals surface area contributed by atoms with Gasteiger partial charge < -0.3 is 4.90 Å². The molecule has 0 saturated carbocycles. The molecule has 3 nitrogen and oxygen atoms in total. The summed E-state index contributed by atoms with van der Waals surface area (Å²) in [5.41, 5.74) is 4.45. The first-order valence-electron chi connectivity index (χ1n) is 12.3. The summed E-state index contributed by atoms with van der Waals surface area (Å²) in [6, 6.07) is 25.1. The number of halogens is 1. The summed E-state index contributed by atoms with van der Waals surface area (Å²) in [6.45, 7) is 10.5. The van der Waals surface area contributed by atoms with Crippen LogP contribution in [0.15, 0.2) is 78.9 Å². The van der Waals surface area contributed by atoms with Crippen molar-refractivity contribution in [3.8, 4) is 0 Å². The Morgan fingerprint density at radius 1 is 1.00 bits per heavy atom. The zero-order valence-electron chi connectivity index (χ0n) is 20.5. The van der Waals surface area contributed by atoms with Gasteiger partial charge in [0.25, 0.3) is 5.91 Å². The number of carbonyl (C=O) groups is 1. The summed E-state index contributed by atoms with van der Waals surface area (Å²) in [5, 5.41) is 0. The van der Waals surface area contributed by atoms with Crippen LogP contribution in [0.1, 0.15) is 46.8 Å². The first-order valence-corrected chi connectivity index (χ1v) is 12.3. The molecule has 2 atom stereocenters. The highest BCUT2D eigenvalue weighted by molar-refractivity contribution is 5.94. The summed E-state index contributed by atoms with van der Waals surface area (Å²) in [7, 11) is 0. The Balaban J connectivity index is 1.58. The van der Waals surface area contributed by atoms with Gasteiger partial charge in [0.05, 0.1) is 0 Å².